The SMILES string of the molecule is O=C1C2CC2C(=O)N1c1nnc(-c2ccccc2)s1. The van der Waals surface area contributed by atoms with Crippen LogP contribution in [0.25, 0.3) is 10.6 Å². The van der Waals surface area contributed by atoms with Gasteiger partial charge in [0, 0.05) is 5.56 Å². The van der Waals surface area contributed by atoms with E-state index >= 15 is 0 Å². The van der Waals surface area contributed by atoms with Crippen LogP contribution in [-0.2, 0) is 9.59 Å². The zero-order valence-electron chi connectivity index (χ0n) is 9.81. The molecule has 0 bridgehead atoms. The normalized spacial score (nSPS) is 24.7. The van der Waals surface area contributed by atoms with Gasteiger partial charge in [-0.25, -0.2) is 4.90 Å². The Morgan fingerprint density at radius 1 is 1.05 bits per heavy atom. The van der Waals surface area contributed by atoms with E-state index in [2.05, 4.69) is 10.2 Å². The molecule has 19 heavy (non-hydrogen) atoms. The zero-order chi connectivity index (χ0) is 13.0. The number of nitrogens with zero attached hydrogens (tertiary/aromatic N) is 3. The number of aromatic nitrogens is 2. The predicted octanol–water partition coefficient (Wildman–Crippen LogP) is 1.71. The van der Waals surface area contributed by atoms with Crippen molar-refractivity contribution in [2.45, 2.75) is 6.42 Å². The van der Waals surface area contributed by atoms with Gasteiger partial charge in [0.1, 0.15) is 5.01 Å². The third-order valence-corrected chi connectivity index (χ3v) is 4.45. The minimum Gasteiger partial charge on any atom is -0.274 e. The summed E-state index contributed by atoms with van der Waals surface area (Å²) in [6.07, 6.45) is 0.707. The van der Waals surface area contributed by atoms with E-state index in [1.54, 1.807) is 0 Å². The molecule has 1 aliphatic carbocycles. The Morgan fingerprint density at radius 3 is 2.42 bits per heavy atom. The summed E-state index contributed by atoms with van der Waals surface area (Å²) in [6.45, 7) is 0. The van der Waals surface area contributed by atoms with Gasteiger partial charge in [0.15, 0.2) is 0 Å². The standard InChI is InChI=1S/C13H9N3O2S/c17-11-8-6-9(8)12(18)16(11)13-15-14-10(19-13)7-4-2-1-3-5-7/h1-5,8-9H,6H2. The van der Waals surface area contributed by atoms with Gasteiger partial charge < -0.3 is 0 Å². The molecule has 6 heteroatoms. The average Bonchev–Trinajstić information content (AvgIpc) is 3.03. The second kappa shape index (κ2) is 3.71. The first-order valence-electron chi connectivity index (χ1n) is 6.02. The number of carbonyl (C=O) groups is 2. The van der Waals surface area contributed by atoms with Crippen molar-refractivity contribution in [2.24, 2.45) is 11.8 Å². The Morgan fingerprint density at radius 2 is 1.74 bits per heavy atom. The molecule has 0 N–H and O–H groups in total. The van der Waals surface area contributed by atoms with Gasteiger partial charge in [-0.2, -0.15) is 0 Å². The number of hydrogen-bond donors (Lipinski definition) is 0. The molecule has 1 saturated heterocycles. The maximum Gasteiger partial charge on any atom is 0.239 e. The number of rotatable bonds is 2. The van der Waals surface area contributed by atoms with E-state index in [9.17, 15) is 9.59 Å². The van der Waals surface area contributed by atoms with Gasteiger partial charge in [-0.05, 0) is 6.42 Å². The van der Waals surface area contributed by atoms with E-state index in [-0.39, 0.29) is 23.7 Å². The fourth-order valence-corrected chi connectivity index (χ4v) is 3.23. The lowest BCUT2D eigenvalue weighted by atomic mass is 10.2. The molecule has 1 aromatic heterocycles. The van der Waals surface area contributed by atoms with Crippen molar-refractivity contribution in [3.63, 3.8) is 0 Å². The molecule has 5 nitrogen and oxygen atoms in total. The highest BCUT2D eigenvalue weighted by atomic mass is 32.1. The molecule has 94 valence electrons. The number of amides is 2. The minimum atomic E-state index is -0.120. The van der Waals surface area contributed by atoms with Gasteiger partial charge in [0.25, 0.3) is 0 Å². The van der Waals surface area contributed by atoms with Crippen LogP contribution >= 0.6 is 11.3 Å². The van der Waals surface area contributed by atoms with Crippen LogP contribution in [0.15, 0.2) is 30.3 Å². The molecule has 1 aromatic carbocycles. The zero-order valence-corrected chi connectivity index (χ0v) is 10.6. The van der Waals surface area contributed by atoms with Gasteiger partial charge in [-0.3, -0.25) is 9.59 Å². The number of carbonyl (C=O) groups excluding carboxylic acids is 2. The van der Waals surface area contributed by atoms with E-state index in [0.29, 0.717) is 11.6 Å². The first kappa shape index (κ1) is 10.8. The van der Waals surface area contributed by atoms with Gasteiger partial charge in [0.05, 0.1) is 11.8 Å². The maximum absolute atomic E-state index is 11.9. The van der Waals surface area contributed by atoms with E-state index in [1.807, 2.05) is 30.3 Å². The number of piperidine rings is 1. The van der Waals surface area contributed by atoms with Crippen LogP contribution in [-0.4, -0.2) is 22.0 Å². The Balaban J connectivity index is 1.69. The van der Waals surface area contributed by atoms with Crippen molar-refractivity contribution < 1.29 is 9.59 Å². The first-order valence-corrected chi connectivity index (χ1v) is 6.84. The third-order valence-electron chi connectivity index (χ3n) is 3.49. The van der Waals surface area contributed by atoms with Crippen LogP contribution < -0.4 is 4.90 Å². The molecule has 2 fully saturated rings. The molecule has 1 saturated carbocycles. The topological polar surface area (TPSA) is 63.2 Å². The molecule has 0 radical (unpaired) electrons. The third kappa shape index (κ3) is 1.53. The maximum atomic E-state index is 11.9. The lowest BCUT2D eigenvalue weighted by molar-refractivity contribution is -0.123. The second-order valence-corrected chi connectivity index (χ2v) is 5.67. The molecule has 2 amide bonds. The Labute approximate surface area is 112 Å². The summed E-state index contributed by atoms with van der Waals surface area (Å²) >= 11 is 1.28. The molecule has 2 atom stereocenters. The fraction of sp³-hybridized carbons (Fsp3) is 0.231. The van der Waals surface area contributed by atoms with Gasteiger partial charge >= 0.3 is 0 Å². The van der Waals surface area contributed by atoms with Crippen molar-refractivity contribution in [3.8, 4) is 10.6 Å². The van der Waals surface area contributed by atoms with Crippen LogP contribution in [0.5, 0.6) is 0 Å². The summed E-state index contributed by atoms with van der Waals surface area (Å²) in [4.78, 5) is 25.1. The molecule has 1 aliphatic heterocycles. The highest BCUT2D eigenvalue weighted by molar-refractivity contribution is 7.18. The average molecular weight is 271 g/mol. The summed E-state index contributed by atoms with van der Waals surface area (Å²) in [5, 5.41) is 9.15. The largest absolute Gasteiger partial charge is 0.274 e. The number of hydrogen-bond acceptors (Lipinski definition) is 5. The van der Waals surface area contributed by atoms with E-state index in [0.717, 1.165) is 10.6 Å². The smallest absolute Gasteiger partial charge is 0.239 e. The number of anilines is 1. The summed E-state index contributed by atoms with van der Waals surface area (Å²) in [7, 11) is 0. The first-order chi connectivity index (χ1) is 9.25. The van der Waals surface area contributed by atoms with E-state index in [1.165, 1.54) is 16.2 Å². The lowest BCUT2D eigenvalue weighted by Gasteiger charge is -2.10. The quantitative estimate of drug-likeness (QED) is 0.780. The molecular weight excluding hydrogens is 262 g/mol. The molecule has 2 unspecified atom stereocenters. The summed E-state index contributed by atoms with van der Waals surface area (Å²) in [5.41, 5.74) is 0.940. The van der Waals surface area contributed by atoms with Crippen LogP contribution in [0.2, 0.25) is 0 Å². The second-order valence-electron chi connectivity index (χ2n) is 4.72. The summed E-state index contributed by atoms with van der Waals surface area (Å²) in [6, 6.07) is 9.60. The fourth-order valence-electron chi connectivity index (χ4n) is 2.37. The number of fused-ring (bicyclic) bond motifs is 1. The Kier molecular flexibility index (Phi) is 2.11. The number of benzene rings is 1. The van der Waals surface area contributed by atoms with Crippen LogP contribution in [0.3, 0.4) is 0 Å². The molecular formula is C13H9N3O2S. The van der Waals surface area contributed by atoms with E-state index < -0.39 is 0 Å². The molecule has 0 spiro atoms. The highest BCUT2D eigenvalue weighted by Gasteiger charge is 2.60. The minimum absolute atomic E-state index is 0.100. The van der Waals surface area contributed by atoms with Crippen LogP contribution in [0, 0.1) is 11.8 Å². The molecule has 2 aromatic rings. The predicted molar refractivity (Wildman–Crippen MR) is 69.4 cm³/mol. The summed E-state index contributed by atoms with van der Waals surface area (Å²) < 4.78 is 0. The number of imide groups is 1. The highest BCUT2D eigenvalue weighted by Crippen LogP contribution is 2.49. The Bertz CT molecular complexity index is 662. The van der Waals surface area contributed by atoms with Crippen LogP contribution in [0.1, 0.15) is 6.42 Å². The summed E-state index contributed by atoms with van der Waals surface area (Å²) in [5.74, 6) is -0.440. The molecule has 2 aliphatic rings. The van der Waals surface area contributed by atoms with Crippen molar-refractivity contribution in [1.29, 1.82) is 0 Å². The van der Waals surface area contributed by atoms with Crippen molar-refractivity contribution in [2.75, 3.05) is 4.90 Å². The Hall–Kier alpha value is -2.08. The van der Waals surface area contributed by atoms with Gasteiger partial charge in [-0.1, -0.05) is 41.7 Å². The van der Waals surface area contributed by atoms with Crippen molar-refractivity contribution in [1.82, 2.24) is 10.2 Å². The van der Waals surface area contributed by atoms with Gasteiger partial charge in [0.2, 0.25) is 16.9 Å². The molecule has 2 heterocycles. The van der Waals surface area contributed by atoms with Gasteiger partial charge in [-0.15, -0.1) is 10.2 Å². The van der Waals surface area contributed by atoms with E-state index in [4.69, 9.17) is 0 Å². The lowest BCUT2D eigenvalue weighted by Crippen LogP contribution is -2.32. The molecule has 4 rings (SSSR count). The van der Waals surface area contributed by atoms with Crippen molar-refractivity contribution >= 4 is 28.3 Å². The van der Waals surface area contributed by atoms with Crippen LogP contribution in [0.4, 0.5) is 5.13 Å². The monoisotopic (exact) mass is 271 g/mol. The van der Waals surface area contributed by atoms with Crippen molar-refractivity contribution in [3.05, 3.63) is 30.3 Å².